The Hall–Kier alpha value is -0.810. The molecule has 4 N–H and O–H groups in total. The van der Waals surface area contributed by atoms with E-state index in [9.17, 15) is 5.11 Å². The van der Waals surface area contributed by atoms with Crippen molar-refractivity contribution in [3.05, 3.63) is 5.56 Å². The van der Waals surface area contributed by atoms with E-state index in [0.717, 1.165) is 36.2 Å². The van der Waals surface area contributed by atoms with Gasteiger partial charge in [-0.15, -0.1) is 0 Å². The summed E-state index contributed by atoms with van der Waals surface area (Å²) in [4.78, 5) is 0. The van der Waals surface area contributed by atoms with E-state index in [0.29, 0.717) is 12.4 Å². The lowest BCUT2D eigenvalue weighted by atomic mass is 9.85. The highest BCUT2D eigenvalue weighted by atomic mass is 32.1. The van der Waals surface area contributed by atoms with E-state index in [1.165, 1.54) is 18.0 Å². The number of nitrogens with one attached hydrogen (secondary N) is 1. The van der Waals surface area contributed by atoms with Crippen LogP contribution in [0.2, 0.25) is 0 Å². The maximum Gasteiger partial charge on any atom is 0.142 e. The quantitative estimate of drug-likeness (QED) is 0.758. The fourth-order valence-corrected chi connectivity index (χ4v) is 2.85. The minimum absolute atomic E-state index is 0.538. The number of nitrogen functional groups attached to an aromatic ring is 1. The highest BCUT2D eigenvalue weighted by Crippen LogP contribution is 2.30. The maximum atomic E-state index is 10.3. The standard InChI is InChI=1S/C11H19N3OS/c1-8-9(12)14-16-10(8)13-7-11(15)5-3-2-4-6-11/h13,15H,2-7H2,1H3,(H2,12,14). The molecule has 0 atom stereocenters. The topological polar surface area (TPSA) is 71.2 Å². The van der Waals surface area contributed by atoms with Crippen LogP contribution in [-0.2, 0) is 0 Å². The third-order valence-corrected chi connectivity index (χ3v) is 4.24. The molecule has 1 aliphatic rings. The average Bonchev–Trinajstić information content (AvgIpc) is 2.58. The molecule has 1 fully saturated rings. The smallest absolute Gasteiger partial charge is 0.142 e. The van der Waals surface area contributed by atoms with Crippen molar-refractivity contribution in [2.24, 2.45) is 0 Å². The number of nitrogens with two attached hydrogens (primary N) is 1. The zero-order chi connectivity index (χ0) is 11.6. The van der Waals surface area contributed by atoms with Gasteiger partial charge in [0.25, 0.3) is 0 Å². The van der Waals surface area contributed by atoms with Gasteiger partial charge >= 0.3 is 0 Å². The number of anilines is 2. The maximum absolute atomic E-state index is 10.3. The van der Waals surface area contributed by atoms with Crippen LogP contribution in [0.3, 0.4) is 0 Å². The van der Waals surface area contributed by atoms with Crippen LogP contribution in [0.25, 0.3) is 0 Å². The van der Waals surface area contributed by atoms with Crippen molar-refractivity contribution in [1.29, 1.82) is 0 Å². The molecule has 1 aromatic heterocycles. The Balaban J connectivity index is 1.93. The van der Waals surface area contributed by atoms with E-state index >= 15 is 0 Å². The van der Waals surface area contributed by atoms with Gasteiger partial charge < -0.3 is 16.2 Å². The van der Waals surface area contributed by atoms with Crippen LogP contribution in [0.1, 0.15) is 37.7 Å². The van der Waals surface area contributed by atoms with E-state index in [1.54, 1.807) is 0 Å². The zero-order valence-corrected chi connectivity index (χ0v) is 10.4. The van der Waals surface area contributed by atoms with Crippen LogP contribution >= 0.6 is 11.5 Å². The molecular formula is C11H19N3OS. The van der Waals surface area contributed by atoms with Gasteiger partial charge in [-0.25, -0.2) is 0 Å². The molecule has 1 saturated carbocycles. The van der Waals surface area contributed by atoms with Gasteiger partial charge in [-0.1, -0.05) is 19.3 Å². The fourth-order valence-electron chi connectivity index (χ4n) is 2.14. The Morgan fingerprint density at radius 3 is 2.69 bits per heavy atom. The van der Waals surface area contributed by atoms with E-state index in [2.05, 4.69) is 9.69 Å². The minimum atomic E-state index is -0.538. The molecule has 0 aromatic carbocycles. The highest BCUT2D eigenvalue weighted by molar-refractivity contribution is 7.10. The second kappa shape index (κ2) is 4.59. The number of nitrogens with zero attached hydrogens (tertiary/aromatic N) is 1. The van der Waals surface area contributed by atoms with Gasteiger partial charge in [0.1, 0.15) is 10.8 Å². The fraction of sp³-hybridized carbons (Fsp3) is 0.727. The number of hydrogen-bond acceptors (Lipinski definition) is 5. The Labute approximate surface area is 100 Å². The first-order valence-corrected chi connectivity index (χ1v) is 6.56. The molecule has 0 saturated heterocycles. The number of aromatic nitrogens is 1. The van der Waals surface area contributed by atoms with Crippen molar-refractivity contribution < 1.29 is 5.11 Å². The zero-order valence-electron chi connectivity index (χ0n) is 9.62. The monoisotopic (exact) mass is 241 g/mol. The number of hydrogen-bond donors (Lipinski definition) is 3. The van der Waals surface area contributed by atoms with Crippen LogP contribution in [0.4, 0.5) is 10.8 Å². The lowest BCUT2D eigenvalue weighted by Crippen LogP contribution is -2.38. The predicted molar refractivity (Wildman–Crippen MR) is 67.8 cm³/mol. The van der Waals surface area contributed by atoms with Gasteiger partial charge in [-0.05, 0) is 31.3 Å². The summed E-state index contributed by atoms with van der Waals surface area (Å²) in [6.45, 7) is 2.56. The number of rotatable bonds is 3. The third-order valence-electron chi connectivity index (χ3n) is 3.32. The molecule has 4 nitrogen and oxygen atoms in total. The molecule has 1 aromatic rings. The minimum Gasteiger partial charge on any atom is -0.388 e. The van der Waals surface area contributed by atoms with Crippen LogP contribution in [0.15, 0.2) is 0 Å². The molecule has 0 bridgehead atoms. The first-order valence-electron chi connectivity index (χ1n) is 5.79. The molecule has 0 aliphatic heterocycles. The van der Waals surface area contributed by atoms with Crippen LogP contribution < -0.4 is 11.1 Å². The summed E-state index contributed by atoms with van der Waals surface area (Å²) >= 11 is 1.37. The summed E-state index contributed by atoms with van der Waals surface area (Å²) in [5, 5.41) is 14.6. The molecular weight excluding hydrogens is 222 g/mol. The summed E-state index contributed by atoms with van der Waals surface area (Å²) in [6, 6.07) is 0. The van der Waals surface area contributed by atoms with E-state index in [4.69, 9.17) is 5.73 Å². The van der Waals surface area contributed by atoms with Crippen LogP contribution in [0, 0.1) is 6.92 Å². The summed E-state index contributed by atoms with van der Waals surface area (Å²) in [7, 11) is 0. The number of aliphatic hydroxyl groups is 1. The van der Waals surface area contributed by atoms with Crippen molar-refractivity contribution >= 4 is 22.4 Å². The van der Waals surface area contributed by atoms with Gasteiger partial charge in [-0.3, -0.25) is 0 Å². The average molecular weight is 241 g/mol. The van der Waals surface area contributed by atoms with E-state index in [1.807, 2.05) is 6.92 Å². The Kier molecular flexibility index (Phi) is 3.35. The van der Waals surface area contributed by atoms with E-state index < -0.39 is 5.60 Å². The molecule has 2 rings (SSSR count). The van der Waals surface area contributed by atoms with Crippen molar-refractivity contribution in [1.82, 2.24) is 4.37 Å². The van der Waals surface area contributed by atoms with Gasteiger partial charge in [0.15, 0.2) is 0 Å². The van der Waals surface area contributed by atoms with E-state index in [-0.39, 0.29) is 0 Å². The molecule has 0 unspecified atom stereocenters. The summed E-state index contributed by atoms with van der Waals surface area (Å²) < 4.78 is 4.08. The van der Waals surface area contributed by atoms with Gasteiger partial charge in [-0.2, -0.15) is 4.37 Å². The predicted octanol–water partition coefficient (Wildman–Crippen LogP) is 2.14. The molecule has 0 amide bonds. The lowest BCUT2D eigenvalue weighted by Gasteiger charge is -2.32. The Bertz CT molecular complexity index is 358. The summed E-state index contributed by atoms with van der Waals surface area (Å²) in [5.74, 6) is 0.586. The first-order chi connectivity index (χ1) is 7.61. The van der Waals surface area contributed by atoms with Gasteiger partial charge in [0, 0.05) is 12.1 Å². The van der Waals surface area contributed by atoms with Crippen molar-refractivity contribution in [3.63, 3.8) is 0 Å². The summed E-state index contributed by atoms with van der Waals surface area (Å²) in [5.41, 5.74) is 6.13. The van der Waals surface area contributed by atoms with Crippen LogP contribution in [0.5, 0.6) is 0 Å². The molecule has 0 spiro atoms. The molecule has 1 aliphatic carbocycles. The molecule has 1 heterocycles. The van der Waals surface area contributed by atoms with Crippen molar-refractivity contribution in [2.45, 2.75) is 44.6 Å². The SMILES string of the molecule is Cc1c(N)nsc1NCC1(O)CCCCC1. The second-order valence-electron chi connectivity index (χ2n) is 4.66. The van der Waals surface area contributed by atoms with Gasteiger partial charge in [0.05, 0.1) is 5.60 Å². The molecule has 5 heteroatoms. The molecule has 90 valence electrons. The molecule has 0 radical (unpaired) electrons. The van der Waals surface area contributed by atoms with Crippen LogP contribution in [-0.4, -0.2) is 21.6 Å². The Morgan fingerprint density at radius 2 is 2.12 bits per heavy atom. The first kappa shape index (κ1) is 11.7. The highest BCUT2D eigenvalue weighted by Gasteiger charge is 2.29. The molecule has 16 heavy (non-hydrogen) atoms. The van der Waals surface area contributed by atoms with Gasteiger partial charge in [0.2, 0.25) is 0 Å². The van der Waals surface area contributed by atoms with Crippen molar-refractivity contribution in [2.75, 3.05) is 17.6 Å². The third kappa shape index (κ3) is 2.47. The Morgan fingerprint density at radius 1 is 1.44 bits per heavy atom. The second-order valence-corrected chi connectivity index (χ2v) is 5.43. The largest absolute Gasteiger partial charge is 0.388 e. The normalized spacial score (nSPS) is 19.6. The van der Waals surface area contributed by atoms with Crippen molar-refractivity contribution in [3.8, 4) is 0 Å². The lowest BCUT2D eigenvalue weighted by molar-refractivity contribution is 0.0168. The summed E-state index contributed by atoms with van der Waals surface area (Å²) in [6.07, 6.45) is 5.29.